The molecule has 10 heavy (non-hydrogen) atoms. The second-order valence-corrected chi connectivity index (χ2v) is 3.47. The van der Waals surface area contributed by atoms with E-state index >= 15 is 0 Å². The standard InChI is InChI=1S/C8H12O2/c1-6-3-7(10)8(2,4-6)5-9/h5-6H,3-4H2,1-2H3/t6-,8+/m1/s1. The van der Waals surface area contributed by atoms with Crippen molar-refractivity contribution in [3.8, 4) is 0 Å². The number of rotatable bonds is 1. The topological polar surface area (TPSA) is 34.1 Å². The van der Waals surface area contributed by atoms with Crippen molar-refractivity contribution >= 4 is 12.1 Å². The lowest BCUT2D eigenvalue weighted by Gasteiger charge is -2.11. The number of Topliss-reactive ketones (excluding diaryl/α,β-unsaturated/α-hetero) is 1. The Kier molecular flexibility index (Phi) is 1.63. The summed E-state index contributed by atoms with van der Waals surface area (Å²) in [5.41, 5.74) is -0.653. The van der Waals surface area contributed by atoms with Gasteiger partial charge < -0.3 is 4.79 Å². The van der Waals surface area contributed by atoms with E-state index in [0.717, 1.165) is 12.7 Å². The summed E-state index contributed by atoms with van der Waals surface area (Å²) in [5, 5.41) is 0. The first-order chi connectivity index (χ1) is 4.58. The molecular formula is C8H12O2. The zero-order valence-corrected chi connectivity index (χ0v) is 6.39. The van der Waals surface area contributed by atoms with Crippen LogP contribution >= 0.6 is 0 Å². The Labute approximate surface area is 60.6 Å². The van der Waals surface area contributed by atoms with Crippen LogP contribution in [0, 0.1) is 11.3 Å². The summed E-state index contributed by atoms with van der Waals surface area (Å²) in [5.74, 6) is 0.498. The Bertz CT molecular complexity index is 174. The van der Waals surface area contributed by atoms with Crippen LogP contribution in [0.5, 0.6) is 0 Å². The van der Waals surface area contributed by atoms with Gasteiger partial charge in [0.1, 0.15) is 12.1 Å². The van der Waals surface area contributed by atoms with Gasteiger partial charge in [-0.3, -0.25) is 4.79 Å². The fourth-order valence-corrected chi connectivity index (χ4v) is 1.57. The van der Waals surface area contributed by atoms with Crippen LogP contribution in [0.2, 0.25) is 0 Å². The van der Waals surface area contributed by atoms with Crippen molar-refractivity contribution in [1.29, 1.82) is 0 Å². The molecule has 1 rings (SSSR count). The lowest BCUT2D eigenvalue weighted by atomic mass is 9.89. The summed E-state index contributed by atoms with van der Waals surface area (Å²) in [4.78, 5) is 21.6. The van der Waals surface area contributed by atoms with Crippen LogP contribution in [-0.4, -0.2) is 12.1 Å². The summed E-state index contributed by atoms with van der Waals surface area (Å²) in [7, 11) is 0. The average molecular weight is 140 g/mol. The van der Waals surface area contributed by atoms with E-state index in [0.29, 0.717) is 12.3 Å². The first-order valence-corrected chi connectivity index (χ1v) is 3.58. The molecule has 0 unspecified atom stereocenters. The molecule has 0 heterocycles. The molecule has 0 amide bonds. The van der Waals surface area contributed by atoms with E-state index in [1.807, 2.05) is 6.92 Å². The summed E-state index contributed by atoms with van der Waals surface area (Å²) in [6.07, 6.45) is 2.10. The summed E-state index contributed by atoms with van der Waals surface area (Å²) in [6, 6.07) is 0. The Morgan fingerprint density at radius 3 is 2.50 bits per heavy atom. The van der Waals surface area contributed by atoms with Crippen molar-refractivity contribution < 1.29 is 9.59 Å². The smallest absolute Gasteiger partial charge is 0.146 e. The number of hydrogen-bond acceptors (Lipinski definition) is 2. The summed E-state index contributed by atoms with van der Waals surface area (Å²) >= 11 is 0. The minimum atomic E-state index is -0.653. The van der Waals surface area contributed by atoms with Crippen molar-refractivity contribution in [2.24, 2.45) is 11.3 Å². The van der Waals surface area contributed by atoms with Gasteiger partial charge in [0.25, 0.3) is 0 Å². The maximum Gasteiger partial charge on any atom is 0.146 e. The van der Waals surface area contributed by atoms with Gasteiger partial charge in [-0.25, -0.2) is 0 Å². The fraction of sp³-hybridized carbons (Fsp3) is 0.750. The Hall–Kier alpha value is -0.660. The molecular weight excluding hydrogens is 128 g/mol. The van der Waals surface area contributed by atoms with Gasteiger partial charge in [0.2, 0.25) is 0 Å². The van der Waals surface area contributed by atoms with E-state index in [1.165, 1.54) is 0 Å². The van der Waals surface area contributed by atoms with Gasteiger partial charge in [0.05, 0.1) is 5.41 Å². The SMILES string of the molecule is C[C@@H]1CC(=O)[C@](C)(C=O)C1. The third-order valence-electron chi connectivity index (χ3n) is 2.20. The van der Waals surface area contributed by atoms with E-state index in [2.05, 4.69) is 0 Å². The summed E-state index contributed by atoms with van der Waals surface area (Å²) in [6.45, 7) is 3.73. The molecule has 0 bridgehead atoms. The van der Waals surface area contributed by atoms with Crippen molar-refractivity contribution in [3.63, 3.8) is 0 Å². The highest BCUT2D eigenvalue weighted by molar-refractivity contribution is 5.99. The molecule has 0 aromatic heterocycles. The van der Waals surface area contributed by atoms with Crippen LogP contribution in [0.4, 0.5) is 0 Å². The molecule has 0 saturated heterocycles. The van der Waals surface area contributed by atoms with Crippen LogP contribution in [0.1, 0.15) is 26.7 Å². The van der Waals surface area contributed by atoms with E-state index in [4.69, 9.17) is 0 Å². The van der Waals surface area contributed by atoms with E-state index in [1.54, 1.807) is 6.92 Å². The lowest BCUT2D eigenvalue weighted by molar-refractivity contribution is -0.130. The van der Waals surface area contributed by atoms with Gasteiger partial charge in [0.15, 0.2) is 0 Å². The van der Waals surface area contributed by atoms with Crippen LogP contribution in [-0.2, 0) is 9.59 Å². The molecule has 0 N–H and O–H groups in total. The lowest BCUT2D eigenvalue weighted by Crippen LogP contribution is -2.22. The molecule has 0 aliphatic heterocycles. The molecule has 1 saturated carbocycles. The predicted octanol–water partition coefficient (Wildman–Crippen LogP) is 1.19. The molecule has 56 valence electrons. The largest absolute Gasteiger partial charge is 0.302 e. The molecule has 2 nitrogen and oxygen atoms in total. The zero-order valence-electron chi connectivity index (χ0n) is 6.39. The Morgan fingerprint density at radius 2 is 2.30 bits per heavy atom. The number of carbonyl (C=O) groups excluding carboxylic acids is 2. The van der Waals surface area contributed by atoms with Gasteiger partial charge in [-0.2, -0.15) is 0 Å². The van der Waals surface area contributed by atoms with E-state index in [9.17, 15) is 9.59 Å². The monoisotopic (exact) mass is 140 g/mol. The first kappa shape index (κ1) is 7.45. The van der Waals surface area contributed by atoms with Gasteiger partial charge in [-0.1, -0.05) is 6.92 Å². The van der Waals surface area contributed by atoms with Crippen LogP contribution in [0.25, 0.3) is 0 Å². The molecule has 1 aliphatic rings. The predicted molar refractivity (Wildman–Crippen MR) is 37.6 cm³/mol. The van der Waals surface area contributed by atoms with Crippen molar-refractivity contribution in [3.05, 3.63) is 0 Å². The number of ketones is 1. The van der Waals surface area contributed by atoms with Gasteiger partial charge in [0, 0.05) is 6.42 Å². The van der Waals surface area contributed by atoms with Crippen LogP contribution < -0.4 is 0 Å². The number of hydrogen-bond donors (Lipinski definition) is 0. The van der Waals surface area contributed by atoms with Crippen molar-refractivity contribution in [1.82, 2.24) is 0 Å². The number of aldehydes is 1. The van der Waals surface area contributed by atoms with E-state index < -0.39 is 5.41 Å². The quantitative estimate of drug-likeness (QED) is 0.405. The molecule has 0 radical (unpaired) electrons. The molecule has 0 aromatic rings. The van der Waals surface area contributed by atoms with E-state index in [-0.39, 0.29) is 5.78 Å². The fourth-order valence-electron chi connectivity index (χ4n) is 1.57. The molecule has 0 spiro atoms. The van der Waals surface area contributed by atoms with Crippen molar-refractivity contribution in [2.45, 2.75) is 26.7 Å². The summed E-state index contributed by atoms with van der Waals surface area (Å²) < 4.78 is 0. The number of carbonyl (C=O) groups is 2. The zero-order chi connectivity index (χ0) is 7.78. The second-order valence-electron chi connectivity index (χ2n) is 3.47. The van der Waals surface area contributed by atoms with Gasteiger partial charge in [-0.15, -0.1) is 0 Å². The minimum Gasteiger partial charge on any atom is -0.302 e. The normalized spacial score (nSPS) is 40.2. The average Bonchev–Trinajstić information content (AvgIpc) is 2.09. The van der Waals surface area contributed by atoms with Crippen molar-refractivity contribution in [2.75, 3.05) is 0 Å². The first-order valence-electron chi connectivity index (χ1n) is 3.58. The molecule has 1 fully saturated rings. The molecule has 2 atom stereocenters. The highest BCUT2D eigenvalue weighted by atomic mass is 16.1. The third kappa shape index (κ3) is 0.981. The van der Waals surface area contributed by atoms with Gasteiger partial charge >= 0.3 is 0 Å². The minimum absolute atomic E-state index is 0.106. The van der Waals surface area contributed by atoms with Gasteiger partial charge in [-0.05, 0) is 19.3 Å². The van der Waals surface area contributed by atoms with Crippen LogP contribution in [0.3, 0.4) is 0 Å². The maximum absolute atomic E-state index is 11.1. The Balaban J connectivity index is 2.80. The maximum atomic E-state index is 11.1. The highest BCUT2D eigenvalue weighted by Gasteiger charge is 2.40. The molecule has 1 aliphatic carbocycles. The van der Waals surface area contributed by atoms with Crippen LogP contribution in [0.15, 0.2) is 0 Å². The molecule has 2 heteroatoms. The second kappa shape index (κ2) is 2.19. The Morgan fingerprint density at radius 1 is 1.70 bits per heavy atom. The highest BCUT2D eigenvalue weighted by Crippen LogP contribution is 2.35. The third-order valence-corrected chi connectivity index (χ3v) is 2.20. The molecule has 0 aromatic carbocycles.